The summed E-state index contributed by atoms with van der Waals surface area (Å²) in [5.41, 5.74) is 1.74. The highest BCUT2D eigenvalue weighted by Crippen LogP contribution is 2.20. The van der Waals surface area contributed by atoms with Crippen LogP contribution < -0.4 is 0 Å². The SMILES string of the molecule is O=C(O)c1ccc(CCc2cccc(O)c2)cc1O. The van der Waals surface area contributed by atoms with Gasteiger partial charge in [0.25, 0.3) is 0 Å². The van der Waals surface area contributed by atoms with E-state index >= 15 is 0 Å². The quantitative estimate of drug-likeness (QED) is 0.787. The molecule has 0 saturated carbocycles. The van der Waals surface area contributed by atoms with Gasteiger partial charge in [0.15, 0.2) is 0 Å². The van der Waals surface area contributed by atoms with Crippen molar-refractivity contribution in [2.45, 2.75) is 12.8 Å². The Bertz CT molecular complexity index is 605. The maximum Gasteiger partial charge on any atom is 0.339 e. The second-order valence-electron chi connectivity index (χ2n) is 4.33. The smallest absolute Gasteiger partial charge is 0.339 e. The fraction of sp³-hybridized carbons (Fsp3) is 0.133. The van der Waals surface area contributed by atoms with E-state index in [1.807, 2.05) is 6.07 Å². The van der Waals surface area contributed by atoms with Crippen LogP contribution in [0, 0.1) is 0 Å². The van der Waals surface area contributed by atoms with Crippen molar-refractivity contribution >= 4 is 5.97 Å². The van der Waals surface area contributed by atoms with Gasteiger partial charge in [0.1, 0.15) is 17.1 Å². The highest BCUT2D eigenvalue weighted by atomic mass is 16.4. The monoisotopic (exact) mass is 258 g/mol. The van der Waals surface area contributed by atoms with Crippen LogP contribution >= 0.6 is 0 Å². The molecular formula is C15H14O4. The fourth-order valence-corrected chi connectivity index (χ4v) is 1.91. The lowest BCUT2D eigenvalue weighted by molar-refractivity contribution is 0.0693. The van der Waals surface area contributed by atoms with E-state index in [1.165, 1.54) is 12.1 Å². The normalized spacial score (nSPS) is 10.3. The van der Waals surface area contributed by atoms with Crippen molar-refractivity contribution in [3.05, 3.63) is 59.2 Å². The highest BCUT2D eigenvalue weighted by molar-refractivity contribution is 5.90. The van der Waals surface area contributed by atoms with Crippen LogP contribution in [0.1, 0.15) is 21.5 Å². The lowest BCUT2D eigenvalue weighted by Gasteiger charge is -2.05. The molecule has 0 amide bonds. The maximum absolute atomic E-state index is 10.8. The molecule has 0 spiro atoms. The first-order valence-corrected chi connectivity index (χ1v) is 5.89. The Kier molecular flexibility index (Phi) is 3.71. The molecule has 0 bridgehead atoms. The van der Waals surface area contributed by atoms with Crippen LogP contribution in [0.2, 0.25) is 0 Å². The third kappa shape index (κ3) is 3.25. The van der Waals surface area contributed by atoms with Gasteiger partial charge in [-0.1, -0.05) is 18.2 Å². The topological polar surface area (TPSA) is 77.8 Å². The minimum Gasteiger partial charge on any atom is -0.508 e. The summed E-state index contributed by atoms with van der Waals surface area (Å²) < 4.78 is 0. The number of carboxylic acids is 1. The van der Waals surface area contributed by atoms with Crippen molar-refractivity contribution in [3.63, 3.8) is 0 Å². The molecular weight excluding hydrogens is 244 g/mol. The summed E-state index contributed by atoms with van der Waals surface area (Å²) in [7, 11) is 0. The summed E-state index contributed by atoms with van der Waals surface area (Å²) in [6.07, 6.45) is 1.37. The Hall–Kier alpha value is -2.49. The van der Waals surface area contributed by atoms with Gasteiger partial charge in [0.2, 0.25) is 0 Å². The van der Waals surface area contributed by atoms with Crippen molar-refractivity contribution < 1.29 is 20.1 Å². The lowest BCUT2D eigenvalue weighted by Crippen LogP contribution is -1.98. The van der Waals surface area contributed by atoms with Crippen molar-refractivity contribution in [2.24, 2.45) is 0 Å². The molecule has 0 fully saturated rings. The Balaban J connectivity index is 2.08. The third-order valence-corrected chi connectivity index (χ3v) is 2.91. The Morgan fingerprint density at radius 1 is 0.947 bits per heavy atom. The average Bonchev–Trinajstić information content (AvgIpc) is 2.36. The minimum absolute atomic E-state index is 0.0962. The highest BCUT2D eigenvalue weighted by Gasteiger charge is 2.09. The number of hydrogen-bond acceptors (Lipinski definition) is 3. The first kappa shape index (κ1) is 13.0. The van der Waals surface area contributed by atoms with E-state index in [4.69, 9.17) is 5.11 Å². The largest absolute Gasteiger partial charge is 0.508 e. The van der Waals surface area contributed by atoms with E-state index in [9.17, 15) is 15.0 Å². The molecule has 0 heterocycles. The van der Waals surface area contributed by atoms with Crippen LogP contribution in [-0.2, 0) is 12.8 Å². The zero-order chi connectivity index (χ0) is 13.8. The molecule has 2 aromatic rings. The Morgan fingerprint density at radius 2 is 1.63 bits per heavy atom. The van der Waals surface area contributed by atoms with Crippen molar-refractivity contribution in [3.8, 4) is 11.5 Å². The summed E-state index contributed by atoms with van der Waals surface area (Å²) >= 11 is 0. The number of carboxylic acid groups (broad SMARTS) is 1. The van der Waals surface area contributed by atoms with Gasteiger partial charge < -0.3 is 15.3 Å². The molecule has 0 radical (unpaired) electrons. The molecule has 0 aliphatic heterocycles. The molecule has 4 heteroatoms. The van der Waals surface area contributed by atoms with Crippen molar-refractivity contribution in [1.29, 1.82) is 0 Å². The third-order valence-electron chi connectivity index (χ3n) is 2.91. The molecule has 0 aromatic heterocycles. The van der Waals surface area contributed by atoms with E-state index in [0.29, 0.717) is 12.8 Å². The first-order valence-electron chi connectivity index (χ1n) is 5.89. The van der Waals surface area contributed by atoms with Gasteiger partial charge in [-0.2, -0.15) is 0 Å². The number of phenolic OH excluding ortho intramolecular Hbond substituents is 1. The number of carbonyl (C=O) groups is 1. The van der Waals surface area contributed by atoms with Crippen LogP contribution in [-0.4, -0.2) is 21.3 Å². The van der Waals surface area contributed by atoms with E-state index < -0.39 is 5.97 Å². The molecule has 2 rings (SSSR count). The summed E-state index contributed by atoms with van der Waals surface area (Å²) in [6.45, 7) is 0. The van der Waals surface area contributed by atoms with Gasteiger partial charge in [-0.15, -0.1) is 0 Å². The zero-order valence-electron chi connectivity index (χ0n) is 10.2. The van der Waals surface area contributed by atoms with E-state index in [0.717, 1.165) is 11.1 Å². The standard InChI is InChI=1S/C15H14O4/c16-12-3-1-2-10(8-12)4-5-11-6-7-13(15(18)19)14(17)9-11/h1-3,6-9,16-17H,4-5H2,(H,18,19). The number of benzene rings is 2. The zero-order valence-corrected chi connectivity index (χ0v) is 10.2. The number of aromatic hydroxyl groups is 2. The van der Waals surface area contributed by atoms with Crippen molar-refractivity contribution in [1.82, 2.24) is 0 Å². The van der Waals surface area contributed by atoms with Crippen LogP contribution in [0.25, 0.3) is 0 Å². The Morgan fingerprint density at radius 3 is 2.21 bits per heavy atom. The average molecular weight is 258 g/mol. The van der Waals surface area contributed by atoms with Gasteiger partial charge in [0.05, 0.1) is 0 Å². The van der Waals surface area contributed by atoms with Gasteiger partial charge in [-0.3, -0.25) is 0 Å². The summed E-state index contributed by atoms with van der Waals surface area (Å²) in [5, 5.41) is 27.7. The second-order valence-corrected chi connectivity index (χ2v) is 4.33. The fourth-order valence-electron chi connectivity index (χ4n) is 1.91. The molecule has 0 aliphatic carbocycles. The number of aryl methyl sites for hydroxylation is 2. The van der Waals surface area contributed by atoms with Gasteiger partial charge in [-0.25, -0.2) is 4.79 Å². The molecule has 3 N–H and O–H groups in total. The van der Waals surface area contributed by atoms with Gasteiger partial charge >= 0.3 is 5.97 Å². The van der Waals surface area contributed by atoms with Crippen LogP contribution in [0.4, 0.5) is 0 Å². The van der Waals surface area contributed by atoms with E-state index in [-0.39, 0.29) is 17.1 Å². The minimum atomic E-state index is -1.14. The maximum atomic E-state index is 10.8. The lowest BCUT2D eigenvalue weighted by atomic mass is 10.0. The molecule has 2 aromatic carbocycles. The molecule has 0 atom stereocenters. The summed E-state index contributed by atoms with van der Waals surface area (Å²) in [4.78, 5) is 10.8. The van der Waals surface area contributed by atoms with Crippen LogP contribution in [0.3, 0.4) is 0 Å². The molecule has 98 valence electrons. The number of aromatic carboxylic acids is 1. The van der Waals surface area contributed by atoms with Gasteiger partial charge in [-0.05, 0) is 48.2 Å². The predicted molar refractivity (Wildman–Crippen MR) is 70.6 cm³/mol. The first-order chi connectivity index (χ1) is 9.06. The van der Waals surface area contributed by atoms with Crippen molar-refractivity contribution in [2.75, 3.05) is 0 Å². The predicted octanol–water partition coefficient (Wildman–Crippen LogP) is 2.58. The molecule has 4 nitrogen and oxygen atoms in total. The van der Waals surface area contributed by atoms with Crippen LogP contribution in [0.15, 0.2) is 42.5 Å². The summed E-state index contributed by atoms with van der Waals surface area (Å²) in [5.74, 6) is -1.14. The number of phenols is 2. The molecule has 0 unspecified atom stereocenters. The molecule has 19 heavy (non-hydrogen) atoms. The second kappa shape index (κ2) is 5.44. The van der Waals surface area contributed by atoms with Gasteiger partial charge in [0, 0.05) is 0 Å². The molecule has 0 aliphatic rings. The number of rotatable bonds is 4. The number of hydrogen-bond donors (Lipinski definition) is 3. The Labute approximate surface area is 110 Å². The van der Waals surface area contributed by atoms with E-state index in [2.05, 4.69) is 0 Å². The van der Waals surface area contributed by atoms with Crippen LogP contribution in [0.5, 0.6) is 11.5 Å². The van der Waals surface area contributed by atoms with E-state index in [1.54, 1.807) is 24.3 Å². The summed E-state index contributed by atoms with van der Waals surface area (Å²) in [6, 6.07) is 11.5. The molecule has 0 saturated heterocycles.